The van der Waals surface area contributed by atoms with Gasteiger partial charge in [-0.1, -0.05) is 12.1 Å². The van der Waals surface area contributed by atoms with Crippen molar-refractivity contribution in [2.24, 2.45) is 5.41 Å². The van der Waals surface area contributed by atoms with Gasteiger partial charge in [-0.25, -0.2) is 4.39 Å². The van der Waals surface area contributed by atoms with E-state index in [-0.39, 0.29) is 11.8 Å². The molecule has 0 aliphatic heterocycles. The Balaban J connectivity index is 2.83. The van der Waals surface area contributed by atoms with Crippen LogP contribution < -0.4 is 4.90 Å². The molecule has 3 nitrogen and oxygen atoms in total. The van der Waals surface area contributed by atoms with E-state index in [2.05, 4.69) is 0 Å². The van der Waals surface area contributed by atoms with Crippen LogP contribution in [0.1, 0.15) is 13.8 Å². The molecule has 94 valence electrons. The van der Waals surface area contributed by atoms with Crippen molar-refractivity contribution in [1.29, 1.82) is 0 Å². The number of carbonyl (C=O) groups excluding carboxylic acids is 1. The predicted molar refractivity (Wildman–Crippen MR) is 65.5 cm³/mol. The molecule has 1 aromatic carbocycles. The summed E-state index contributed by atoms with van der Waals surface area (Å²) in [6.07, 6.45) is 0. The Morgan fingerprint density at radius 3 is 2.53 bits per heavy atom. The van der Waals surface area contributed by atoms with Crippen molar-refractivity contribution in [1.82, 2.24) is 0 Å². The van der Waals surface area contributed by atoms with Gasteiger partial charge in [-0.3, -0.25) is 4.79 Å². The molecule has 0 fully saturated rings. The molecule has 0 N–H and O–H groups in total. The largest absolute Gasteiger partial charge is 0.469 e. The molecule has 0 radical (unpaired) electrons. The van der Waals surface area contributed by atoms with Crippen molar-refractivity contribution in [3.8, 4) is 0 Å². The highest BCUT2D eigenvalue weighted by Gasteiger charge is 2.30. The Bertz CT molecular complexity index is 404. The molecule has 0 unspecified atom stereocenters. The van der Waals surface area contributed by atoms with E-state index in [0.717, 1.165) is 0 Å². The number of ether oxygens (including phenoxy) is 1. The van der Waals surface area contributed by atoms with E-state index < -0.39 is 5.41 Å². The average molecular weight is 239 g/mol. The third-order valence-electron chi connectivity index (χ3n) is 2.63. The number of para-hydroxylation sites is 1. The third kappa shape index (κ3) is 3.19. The Kier molecular flexibility index (Phi) is 4.10. The van der Waals surface area contributed by atoms with Crippen LogP contribution in [0, 0.1) is 11.2 Å². The Morgan fingerprint density at radius 2 is 2.00 bits per heavy atom. The molecule has 1 rings (SSSR count). The van der Waals surface area contributed by atoms with E-state index >= 15 is 0 Å². The topological polar surface area (TPSA) is 29.5 Å². The minimum Gasteiger partial charge on any atom is -0.469 e. The first kappa shape index (κ1) is 13.5. The number of methoxy groups -OCH3 is 1. The van der Waals surface area contributed by atoms with Crippen LogP contribution in [0.2, 0.25) is 0 Å². The van der Waals surface area contributed by atoms with Gasteiger partial charge in [0, 0.05) is 13.6 Å². The molecule has 0 heterocycles. The summed E-state index contributed by atoms with van der Waals surface area (Å²) >= 11 is 0. The smallest absolute Gasteiger partial charge is 0.313 e. The zero-order valence-electron chi connectivity index (χ0n) is 10.7. The van der Waals surface area contributed by atoms with Crippen LogP contribution in [0.3, 0.4) is 0 Å². The number of benzene rings is 1. The van der Waals surface area contributed by atoms with Gasteiger partial charge in [-0.15, -0.1) is 0 Å². The highest BCUT2D eigenvalue weighted by atomic mass is 19.1. The Hall–Kier alpha value is -1.58. The molecule has 0 saturated heterocycles. The van der Waals surface area contributed by atoms with Gasteiger partial charge in [0.15, 0.2) is 0 Å². The highest BCUT2D eigenvalue weighted by Crippen LogP contribution is 2.24. The number of nitrogens with zero attached hydrogens (tertiary/aromatic N) is 1. The van der Waals surface area contributed by atoms with Crippen LogP contribution >= 0.6 is 0 Å². The summed E-state index contributed by atoms with van der Waals surface area (Å²) in [5.74, 6) is -0.601. The van der Waals surface area contributed by atoms with Crippen molar-refractivity contribution < 1.29 is 13.9 Å². The summed E-state index contributed by atoms with van der Waals surface area (Å²) in [7, 11) is 3.11. The van der Waals surface area contributed by atoms with E-state index in [9.17, 15) is 9.18 Å². The average Bonchev–Trinajstić information content (AvgIpc) is 2.27. The number of esters is 1. The summed E-state index contributed by atoms with van der Waals surface area (Å²) in [4.78, 5) is 13.3. The minimum absolute atomic E-state index is 0.296. The SMILES string of the molecule is COC(=O)C(C)(C)CN(C)c1ccccc1F. The van der Waals surface area contributed by atoms with Gasteiger partial charge in [0.25, 0.3) is 0 Å². The second kappa shape index (κ2) is 5.17. The fourth-order valence-electron chi connectivity index (χ4n) is 1.78. The predicted octanol–water partition coefficient (Wildman–Crippen LogP) is 2.46. The number of anilines is 1. The Morgan fingerprint density at radius 1 is 1.41 bits per heavy atom. The normalized spacial score (nSPS) is 11.1. The van der Waals surface area contributed by atoms with Crippen LogP contribution in [0.25, 0.3) is 0 Å². The van der Waals surface area contributed by atoms with Crippen molar-refractivity contribution in [2.75, 3.05) is 25.6 Å². The first-order valence-corrected chi connectivity index (χ1v) is 5.42. The molecule has 4 heteroatoms. The second-order valence-corrected chi connectivity index (χ2v) is 4.68. The number of hydrogen-bond acceptors (Lipinski definition) is 3. The van der Waals surface area contributed by atoms with Crippen molar-refractivity contribution in [3.05, 3.63) is 30.1 Å². The van der Waals surface area contributed by atoms with Gasteiger partial charge in [0.2, 0.25) is 0 Å². The molecule has 0 bridgehead atoms. The molecule has 0 spiro atoms. The third-order valence-corrected chi connectivity index (χ3v) is 2.63. The van der Waals surface area contributed by atoms with E-state index in [1.165, 1.54) is 13.2 Å². The number of halogens is 1. The summed E-state index contributed by atoms with van der Waals surface area (Å²) in [5, 5.41) is 0. The van der Waals surface area contributed by atoms with Gasteiger partial charge >= 0.3 is 5.97 Å². The molecular formula is C13H18FNO2. The molecule has 0 saturated carbocycles. The molecule has 0 aliphatic rings. The maximum Gasteiger partial charge on any atom is 0.313 e. The van der Waals surface area contributed by atoms with Crippen LogP contribution in [0.4, 0.5) is 10.1 Å². The zero-order chi connectivity index (χ0) is 13.1. The lowest BCUT2D eigenvalue weighted by Gasteiger charge is -2.29. The monoisotopic (exact) mass is 239 g/mol. The summed E-state index contributed by atoms with van der Waals surface area (Å²) in [5.41, 5.74) is -0.198. The number of carbonyl (C=O) groups is 1. The van der Waals surface area contributed by atoms with Crippen LogP contribution in [0.15, 0.2) is 24.3 Å². The number of rotatable bonds is 4. The molecular weight excluding hydrogens is 221 g/mol. The summed E-state index contributed by atoms with van der Waals surface area (Å²) in [6.45, 7) is 3.94. The van der Waals surface area contributed by atoms with E-state index in [0.29, 0.717) is 12.2 Å². The quantitative estimate of drug-likeness (QED) is 0.756. The first-order valence-electron chi connectivity index (χ1n) is 5.42. The maximum atomic E-state index is 13.5. The minimum atomic E-state index is -0.675. The van der Waals surface area contributed by atoms with Crippen LogP contribution in [0.5, 0.6) is 0 Å². The zero-order valence-corrected chi connectivity index (χ0v) is 10.7. The fourth-order valence-corrected chi connectivity index (χ4v) is 1.78. The molecule has 0 aliphatic carbocycles. The Labute approximate surface area is 101 Å². The van der Waals surface area contributed by atoms with E-state index in [4.69, 9.17) is 4.74 Å². The lowest BCUT2D eigenvalue weighted by atomic mass is 9.93. The van der Waals surface area contributed by atoms with Crippen molar-refractivity contribution >= 4 is 11.7 Å². The highest BCUT2D eigenvalue weighted by molar-refractivity contribution is 5.76. The standard InChI is InChI=1S/C13H18FNO2/c1-13(2,12(16)17-4)9-15(3)11-8-6-5-7-10(11)14/h5-8H,9H2,1-4H3. The van der Waals surface area contributed by atoms with Gasteiger partial charge in [0.05, 0.1) is 18.2 Å². The van der Waals surface area contributed by atoms with Gasteiger partial charge < -0.3 is 9.64 Å². The maximum absolute atomic E-state index is 13.5. The van der Waals surface area contributed by atoms with Gasteiger partial charge in [-0.05, 0) is 26.0 Å². The molecule has 0 amide bonds. The molecule has 0 aromatic heterocycles. The molecule has 1 aromatic rings. The second-order valence-electron chi connectivity index (χ2n) is 4.68. The molecule has 17 heavy (non-hydrogen) atoms. The first-order chi connectivity index (χ1) is 7.88. The van der Waals surface area contributed by atoms with Gasteiger partial charge in [-0.2, -0.15) is 0 Å². The fraction of sp³-hybridized carbons (Fsp3) is 0.462. The van der Waals surface area contributed by atoms with Crippen LogP contribution in [-0.4, -0.2) is 26.7 Å². The van der Waals surface area contributed by atoms with E-state index in [1.54, 1.807) is 44.0 Å². The van der Waals surface area contributed by atoms with Crippen molar-refractivity contribution in [2.45, 2.75) is 13.8 Å². The number of hydrogen-bond donors (Lipinski definition) is 0. The summed E-state index contributed by atoms with van der Waals surface area (Å²) in [6, 6.07) is 6.48. The lowest BCUT2D eigenvalue weighted by molar-refractivity contribution is -0.150. The lowest BCUT2D eigenvalue weighted by Crippen LogP contribution is -2.38. The van der Waals surface area contributed by atoms with Crippen LogP contribution in [-0.2, 0) is 9.53 Å². The van der Waals surface area contributed by atoms with E-state index in [1.807, 2.05) is 0 Å². The molecule has 0 atom stereocenters. The van der Waals surface area contributed by atoms with Gasteiger partial charge in [0.1, 0.15) is 5.82 Å². The summed E-state index contributed by atoms with van der Waals surface area (Å²) < 4.78 is 18.3. The van der Waals surface area contributed by atoms with Crippen molar-refractivity contribution in [3.63, 3.8) is 0 Å².